The summed E-state index contributed by atoms with van der Waals surface area (Å²) in [7, 11) is 1.98. The Morgan fingerprint density at radius 1 is 1.35 bits per heavy atom. The summed E-state index contributed by atoms with van der Waals surface area (Å²) in [5.74, 6) is 4.38. The highest BCUT2D eigenvalue weighted by atomic mass is 15.3. The highest BCUT2D eigenvalue weighted by Crippen LogP contribution is 2.24. The molecule has 118 valence electrons. The third kappa shape index (κ3) is 3.52. The van der Waals surface area contributed by atoms with Gasteiger partial charge in [0.2, 0.25) is 5.95 Å². The summed E-state index contributed by atoms with van der Waals surface area (Å²) in [6, 6.07) is 10.0. The van der Waals surface area contributed by atoms with Gasteiger partial charge < -0.3 is 21.3 Å². The molecular formula is C17H20N6. The first-order valence-corrected chi connectivity index (χ1v) is 7.58. The lowest BCUT2D eigenvalue weighted by Crippen LogP contribution is -2.30. The number of likely N-dealkylation sites (N-methyl/N-ethyl adjacent to an activating group) is 1. The van der Waals surface area contributed by atoms with E-state index in [-0.39, 0.29) is 5.95 Å². The summed E-state index contributed by atoms with van der Waals surface area (Å²) >= 11 is 0. The van der Waals surface area contributed by atoms with Crippen LogP contribution in [0.4, 0.5) is 23.3 Å². The van der Waals surface area contributed by atoms with Gasteiger partial charge in [0.1, 0.15) is 11.6 Å². The highest BCUT2D eigenvalue weighted by molar-refractivity contribution is 5.63. The Hall–Kier alpha value is -2.78. The van der Waals surface area contributed by atoms with E-state index in [9.17, 15) is 0 Å². The third-order valence-electron chi connectivity index (χ3n) is 3.95. The van der Waals surface area contributed by atoms with Crippen LogP contribution in [0.3, 0.4) is 0 Å². The Balaban J connectivity index is 1.82. The molecule has 1 atom stereocenters. The maximum absolute atomic E-state index is 5.87. The predicted octanol–water partition coefficient (Wildman–Crippen LogP) is 1.58. The van der Waals surface area contributed by atoms with Crippen molar-refractivity contribution in [3.05, 3.63) is 35.9 Å². The average Bonchev–Trinajstić information content (AvgIpc) is 3.03. The van der Waals surface area contributed by atoms with Crippen LogP contribution in [0, 0.1) is 12.3 Å². The maximum atomic E-state index is 5.87. The number of benzene rings is 1. The molecule has 3 rings (SSSR count). The van der Waals surface area contributed by atoms with E-state index >= 15 is 0 Å². The van der Waals surface area contributed by atoms with E-state index in [1.54, 1.807) is 0 Å². The van der Waals surface area contributed by atoms with Gasteiger partial charge in [0.15, 0.2) is 0 Å². The van der Waals surface area contributed by atoms with Gasteiger partial charge in [-0.25, -0.2) is 0 Å². The van der Waals surface area contributed by atoms with Crippen LogP contribution in [-0.2, 0) is 0 Å². The summed E-state index contributed by atoms with van der Waals surface area (Å²) in [6.45, 7) is 1.87. The fourth-order valence-electron chi connectivity index (χ4n) is 2.72. The molecule has 1 saturated heterocycles. The lowest BCUT2D eigenvalue weighted by Gasteiger charge is -2.18. The summed E-state index contributed by atoms with van der Waals surface area (Å²) in [5.41, 5.74) is 7.55. The van der Waals surface area contributed by atoms with Gasteiger partial charge in [-0.05, 0) is 31.7 Å². The molecule has 2 aromatic rings. The highest BCUT2D eigenvalue weighted by Gasteiger charge is 2.22. The zero-order valence-electron chi connectivity index (χ0n) is 13.1. The second kappa shape index (κ2) is 6.55. The van der Waals surface area contributed by atoms with Crippen molar-refractivity contribution < 1.29 is 0 Å². The molecule has 1 fully saturated rings. The van der Waals surface area contributed by atoms with Gasteiger partial charge in [0, 0.05) is 36.4 Å². The normalized spacial score (nSPS) is 17.0. The lowest BCUT2D eigenvalue weighted by molar-refractivity contribution is 0.616. The molecule has 23 heavy (non-hydrogen) atoms. The molecule has 1 aromatic heterocycles. The number of nitrogens with one attached hydrogen (secondary N) is 2. The van der Waals surface area contributed by atoms with E-state index in [1.165, 1.54) is 0 Å². The molecule has 0 amide bonds. The minimum Gasteiger partial charge on any atom is -0.368 e. The number of nitrogen functional groups attached to an aromatic ring is 1. The first-order chi connectivity index (χ1) is 11.2. The summed E-state index contributed by atoms with van der Waals surface area (Å²) < 4.78 is 0. The predicted molar refractivity (Wildman–Crippen MR) is 93.8 cm³/mol. The molecule has 0 radical (unpaired) electrons. The van der Waals surface area contributed by atoms with E-state index < -0.39 is 0 Å². The smallest absolute Gasteiger partial charge is 0.223 e. The van der Waals surface area contributed by atoms with Crippen LogP contribution in [0.5, 0.6) is 0 Å². The van der Waals surface area contributed by atoms with Gasteiger partial charge >= 0.3 is 0 Å². The molecule has 1 aliphatic heterocycles. The number of nitrogens with two attached hydrogens (primary N) is 1. The van der Waals surface area contributed by atoms with Crippen molar-refractivity contribution in [3.8, 4) is 12.3 Å². The van der Waals surface area contributed by atoms with Gasteiger partial charge in [-0.15, -0.1) is 6.42 Å². The Bertz CT molecular complexity index is 736. The summed E-state index contributed by atoms with van der Waals surface area (Å²) in [5, 5.41) is 6.53. The van der Waals surface area contributed by atoms with Gasteiger partial charge in [0.05, 0.1) is 0 Å². The van der Waals surface area contributed by atoms with Crippen molar-refractivity contribution >= 4 is 23.3 Å². The number of rotatable bonds is 4. The van der Waals surface area contributed by atoms with Crippen LogP contribution in [0.15, 0.2) is 30.3 Å². The second-order valence-electron chi connectivity index (χ2n) is 5.54. The fourth-order valence-corrected chi connectivity index (χ4v) is 2.72. The second-order valence-corrected chi connectivity index (χ2v) is 5.54. The SMILES string of the molecule is C#Cc1cccc(Nc2cc(N3CC[C@@H](NC)C3)nc(N)n2)c1. The Morgan fingerprint density at radius 3 is 2.96 bits per heavy atom. The van der Waals surface area contributed by atoms with Crippen LogP contribution in [0.1, 0.15) is 12.0 Å². The van der Waals surface area contributed by atoms with Crippen molar-refractivity contribution in [2.24, 2.45) is 0 Å². The Morgan fingerprint density at radius 2 is 2.22 bits per heavy atom. The van der Waals surface area contributed by atoms with E-state index in [0.717, 1.165) is 36.6 Å². The quantitative estimate of drug-likeness (QED) is 0.744. The van der Waals surface area contributed by atoms with E-state index in [1.807, 2.05) is 37.4 Å². The van der Waals surface area contributed by atoms with Crippen molar-refractivity contribution in [2.75, 3.05) is 36.1 Å². The van der Waals surface area contributed by atoms with Gasteiger partial charge in [-0.2, -0.15) is 9.97 Å². The van der Waals surface area contributed by atoms with Crippen molar-refractivity contribution in [3.63, 3.8) is 0 Å². The topological polar surface area (TPSA) is 79.1 Å². The summed E-state index contributed by atoms with van der Waals surface area (Å²) in [6.07, 6.45) is 6.52. The first-order valence-electron chi connectivity index (χ1n) is 7.58. The van der Waals surface area contributed by atoms with E-state index in [4.69, 9.17) is 12.2 Å². The molecule has 1 aromatic carbocycles. The summed E-state index contributed by atoms with van der Waals surface area (Å²) in [4.78, 5) is 10.8. The number of nitrogens with zero attached hydrogens (tertiary/aromatic N) is 3. The van der Waals surface area contributed by atoms with Gasteiger partial charge in [-0.3, -0.25) is 0 Å². The number of aromatic nitrogens is 2. The Labute approximate surface area is 136 Å². The van der Waals surface area contributed by atoms with Crippen molar-refractivity contribution in [1.29, 1.82) is 0 Å². The molecule has 0 spiro atoms. The number of terminal acetylenes is 1. The van der Waals surface area contributed by atoms with Crippen LogP contribution >= 0.6 is 0 Å². The Kier molecular flexibility index (Phi) is 4.31. The zero-order chi connectivity index (χ0) is 16.2. The van der Waals surface area contributed by atoms with Gasteiger partial charge in [0.25, 0.3) is 0 Å². The molecule has 6 heteroatoms. The molecule has 0 aliphatic carbocycles. The molecule has 1 aliphatic rings. The minimum absolute atomic E-state index is 0.256. The number of hydrogen-bond donors (Lipinski definition) is 3. The third-order valence-corrected chi connectivity index (χ3v) is 3.95. The number of anilines is 4. The lowest BCUT2D eigenvalue weighted by atomic mass is 10.2. The standard InChI is InChI=1S/C17H20N6/c1-3-12-5-4-6-13(9-12)20-15-10-16(22-17(18)21-15)23-8-7-14(11-23)19-2/h1,4-6,9-10,14,19H,7-8,11H2,2H3,(H3,18,20,21,22)/t14-/m1/s1. The molecule has 0 unspecified atom stereocenters. The first kappa shape index (κ1) is 15.1. The number of hydrogen-bond acceptors (Lipinski definition) is 6. The zero-order valence-corrected chi connectivity index (χ0v) is 13.1. The fraction of sp³-hybridized carbons (Fsp3) is 0.294. The van der Waals surface area contributed by atoms with Crippen LogP contribution < -0.4 is 21.3 Å². The van der Waals surface area contributed by atoms with Crippen LogP contribution in [-0.4, -0.2) is 36.1 Å². The average molecular weight is 308 g/mol. The maximum Gasteiger partial charge on any atom is 0.223 e. The van der Waals surface area contributed by atoms with Crippen LogP contribution in [0.2, 0.25) is 0 Å². The molecule has 2 heterocycles. The van der Waals surface area contributed by atoms with Crippen LogP contribution in [0.25, 0.3) is 0 Å². The largest absolute Gasteiger partial charge is 0.368 e. The molecule has 0 saturated carbocycles. The van der Waals surface area contributed by atoms with E-state index in [0.29, 0.717) is 11.9 Å². The molecule has 4 N–H and O–H groups in total. The van der Waals surface area contributed by atoms with Crippen molar-refractivity contribution in [2.45, 2.75) is 12.5 Å². The minimum atomic E-state index is 0.256. The molecule has 6 nitrogen and oxygen atoms in total. The van der Waals surface area contributed by atoms with Crippen molar-refractivity contribution in [1.82, 2.24) is 15.3 Å². The molecule has 0 bridgehead atoms. The van der Waals surface area contributed by atoms with E-state index in [2.05, 4.69) is 31.4 Å². The van der Waals surface area contributed by atoms with Gasteiger partial charge in [-0.1, -0.05) is 12.0 Å². The monoisotopic (exact) mass is 308 g/mol. The molecular weight excluding hydrogens is 288 g/mol.